The normalized spacial score (nSPS) is 12.3. The van der Waals surface area contributed by atoms with Crippen molar-refractivity contribution in [2.75, 3.05) is 0 Å². The summed E-state index contributed by atoms with van der Waals surface area (Å²) >= 11 is 7.62. The van der Waals surface area contributed by atoms with Gasteiger partial charge in [0.15, 0.2) is 0 Å². The summed E-state index contributed by atoms with van der Waals surface area (Å²) in [5, 5.41) is 13.7. The Labute approximate surface area is 91.9 Å². The summed E-state index contributed by atoms with van der Waals surface area (Å²) in [6, 6.07) is 5.77. The van der Waals surface area contributed by atoms with E-state index in [1.165, 1.54) is 0 Å². The summed E-state index contributed by atoms with van der Waals surface area (Å²) in [5.74, 6) is 0. The van der Waals surface area contributed by atoms with Crippen LogP contribution in [0.5, 0.6) is 0 Å². The average Bonchev–Trinajstić information content (AvgIpc) is 2.47. The fourth-order valence-electron chi connectivity index (χ4n) is 1.50. The van der Waals surface area contributed by atoms with E-state index in [9.17, 15) is 5.11 Å². The fourth-order valence-corrected chi connectivity index (χ4v) is 2.94. The molecule has 0 aliphatic rings. The van der Waals surface area contributed by atoms with Crippen molar-refractivity contribution < 1.29 is 5.11 Å². The number of aliphatic hydroxyl groups is 1. The average molecular weight is 227 g/mol. The lowest BCUT2D eigenvalue weighted by Crippen LogP contribution is -2.14. The zero-order chi connectivity index (χ0) is 10.3. The van der Waals surface area contributed by atoms with Crippen molar-refractivity contribution >= 4 is 33.0 Å². The fraction of sp³-hybridized carbons (Fsp3) is 0.273. The van der Waals surface area contributed by atoms with Crippen molar-refractivity contribution in [3.8, 4) is 0 Å². The van der Waals surface area contributed by atoms with Gasteiger partial charge in [-0.25, -0.2) is 0 Å². The third kappa shape index (κ3) is 1.54. The highest BCUT2D eigenvalue weighted by molar-refractivity contribution is 7.18. The zero-order valence-electron chi connectivity index (χ0n) is 8.04. The van der Waals surface area contributed by atoms with Gasteiger partial charge in [-0.05, 0) is 25.3 Å². The lowest BCUT2D eigenvalue weighted by atomic mass is 9.98. The molecular formula is C11H11ClOS. The van der Waals surface area contributed by atoms with Gasteiger partial charge in [-0.2, -0.15) is 0 Å². The number of hydrogen-bond donors (Lipinski definition) is 1. The molecule has 0 saturated heterocycles. The number of benzene rings is 1. The van der Waals surface area contributed by atoms with Crippen LogP contribution >= 0.6 is 22.9 Å². The van der Waals surface area contributed by atoms with Crippen molar-refractivity contribution in [3.05, 3.63) is 34.2 Å². The van der Waals surface area contributed by atoms with E-state index in [-0.39, 0.29) is 0 Å². The van der Waals surface area contributed by atoms with Gasteiger partial charge >= 0.3 is 0 Å². The van der Waals surface area contributed by atoms with Crippen LogP contribution in [0.25, 0.3) is 10.1 Å². The molecule has 0 radical (unpaired) electrons. The standard InChI is InChI=1S/C11H11ClOS/c1-11(2,13)8-6-14-10-7(8)4-3-5-9(10)12/h3-6,13H,1-2H3. The quantitative estimate of drug-likeness (QED) is 0.785. The van der Waals surface area contributed by atoms with Gasteiger partial charge in [0, 0.05) is 10.9 Å². The van der Waals surface area contributed by atoms with E-state index < -0.39 is 5.60 Å². The summed E-state index contributed by atoms with van der Waals surface area (Å²) in [7, 11) is 0. The van der Waals surface area contributed by atoms with Gasteiger partial charge in [-0.1, -0.05) is 23.7 Å². The lowest BCUT2D eigenvalue weighted by Gasteiger charge is -2.16. The van der Waals surface area contributed by atoms with Crippen molar-refractivity contribution in [1.29, 1.82) is 0 Å². The van der Waals surface area contributed by atoms with Crippen LogP contribution in [0.15, 0.2) is 23.6 Å². The molecule has 3 heteroatoms. The van der Waals surface area contributed by atoms with Crippen molar-refractivity contribution in [3.63, 3.8) is 0 Å². The van der Waals surface area contributed by atoms with Crippen molar-refractivity contribution in [2.24, 2.45) is 0 Å². The second-order valence-electron chi connectivity index (χ2n) is 3.82. The molecule has 1 N–H and O–H groups in total. The molecule has 2 aromatic rings. The van der Waals surface area contributed by atoms with Gasteiger partial charge in [-0.15, -0.1) is 11.3 Å². The molecule has 1 heterocycles. The van der Waals surface area contributed by atoms with Gasteiger partial charge in [0.25, 0.3) is 0 Å². The van der Waals surface area contributed by atoms with Crippen LogP contribution < -0.4 is 0 Å². The van der Waals surface area contributed by atoms with E-state index in [0.29, 0.717) is 0 Å². The molecule has 0 aliphatic heterocycles. The number of thiophene rings is 1. The molecule has 0 fully saturated rings. The molecule has 0 atom stereocenters. The number of fused-ring (bicyclic) bond motifs is 1. The molecule has 74 valence electrons. The minimum atomic E-state index is -0.803. The molecule has 2 rings (SSSR count). The maximum absolute atomic E-state index is 9.93. The second-order valence-corrected chi connectivity index (χ2v) is 5.11. The molecule has 1 aromatic carbocycles. The molecule has 0 spiro atoms. The van der Waals surface area contributed by atoms with Crippen molar-refractivity contribution in [1.82, 2.24) is 0 Å². The molecule has 0 bridgehead atoms. The van der Waals surface area contributed by atoms with Crippen LogP contribution in [0.4, 0.5) is 0 Å². The van der Waals surface area contributed by atoms with Crippen LogP contribution in [0.3, 0.4) is 0 Å². The van der Waals surface area contributed by atoms with Crippen LogP contribution in [0.2, 0.25) is 5.02 Å². The second kappa shape index (κ2) is 3.23. The van der Waals surface area contributed by atoms with Gasteiger partial charge < -0.3 is 5.11 Å². The number of halogens is 1. The van der Waals surface area contributed by atoms with Gasteiger partial charge in [0.05, 0.1) is 15.3 Å². The van der Waals surface area contributed by atoms with Gasteiger partial charge in [-0.3, -0.25) is 0 Å². The zero-order valence-corrected chi connectivity index (χ0v) is 9.62. The monoisotopic (exact) mass is 226 g/mol. The van der Waals surface area contributed by atoms with E-state index >= 15 is 0 Å². The third-order valence-corrected chi connectivity index (χ3v) is 3.67. The van der Waals surface area contributed by atoms with E-state index in [2.05, 4.69) is 0 Å². The van der Waals surface area contributed by atoms with Crippen LogP contribution in [-0.4, -0.2) is 5.11 Å². The Hall–Kier alpha value is -0.570. The first-order valence-corrected chi connectivity index (χ1v) is 5.64. The summed E-state index contributed by atoms with van der Waals surface area (Å²) in [5.41, 5.74) is 0.142. The van der Waals surface area contributed by atoms with Gasteiger partial charge in [0.2, 0.25) is 0 Å². The summed E-state index contributed by atoms with van der Waals surface area (Å²) in [6.07, 6.45) is 0. The Bertz CT molecular complexity index is 468. The SMILES string of the molecule is CC(C)(O)c1csc2c(Cl)cccc12. The Morgan fingerprint density at radius 2 is 2.07 bits per heavy atom. The summed E-state index contributed by atoms with van der Waals surface area (Å²) in [6.45, 7) is 3.57. The predicted molar refractivity (Wildman–Crippen MR) is 62.1 cm³/mol. The topological polar surface area (TPSA) is 20.2 Å². The van der Waals surface area contributed by atoms with Crippen LogP contribution in [0.1, 0.15) is 19.4 Å². The smallest absolute Gasteiger partial charge is 0.0854 e. The Kier molecular flexibility index (Phi) is 2.30. The first kappa shape index (κ1) is 9.97. The summed E-state index contributed by atoms with van der Waals surface area (Å²) < 4.78 is 1.05. The van der Waals surface area contributed by atoms with Crippen LogP contribution in [0, 0.1) is 0 Å². The molecule has 0 aliphatic carbocycles. The first-order valence-electron chi connectivity index (χ1n) is 4.39. The Morgan fingerprint density at radius 3 is 2.71 bits per heavy atom. The van der Waals surface area contributed by atoms with E-state index in [0.717, 1.165) is 20.7 Å². The highest BCUT2D eigenvalue weighted by atomic mass is 35.5. The lowest BCUT2D eigenvalue weighted by molar-refractivity contribution is 0.0806. The Balaban J connectivity index is 2.76. The Morgan fingerprint density at radius 1 is 1.36 bits per heavy atom. The predicted octanol–water partition coefficient (Wildman–Crippen LogP) is 3.78. The van der Waals surface area contributed by atoms with Gasteiger partial charge in [0.1, 0.15) is 0 Å². The molecule has 1 nitrogen and oxygen atoms in total. The van der Waals surface area contributed by atoms with Crippen LogP contribution in [-0.2, 0) is 5.60 Å². The van der Waals surface area contributed by atoms with Crippen molar-refractivity contribution in [2.45, 2.75) is 19.4 Å². The molecular weight excluding hydrogens is 216 g/mol. The molecule has 0 amide bonds. The van der Waals surface area contributed by atoms with E-state index in [1.807, 2.05) is 23.6 Å². The maximum Gasteiger partial charge on any atom is 0.0854 e. The molecule has 1 aromatic heterocycles. The first-order chi connectivity index (χ1) is 6.50. The highest BCUT2D eigenvalue weighted by Crippen LogP contribution is 2.36. The van der Waals surface area contributed by atoms with E-state index in [1.54, 1.807) is 25.2 Å². The minimum Gasteiger partial charge on any atom is -0.386 e. The molecule has 0 saturated carbocycles. The highest BCUT2D eigenvalue weighted by Gasteiger charge is 2.20. The largest absolute Gasteiger partial charge is 0.386 e. The maximum atomic E-state index is 9.93. The minimum absolute atomic E-state index is 0.753. The number of rotatable bonds is 1. The third-order valence-electron chi connectivity index (χ3n) is 2.21. The number of hydrogen-bond acceptors (Lipinski definition) is 2. The molecule has 0 unspecified atom stereocenters. The van der Waals surface area contributed by atoms with E-state index in [4.69, 9.17) is 11.6 Å². The molecule has 14 heavy (non-hydrogen) atoms. The summed E-state index contributed by atoms with van der Waals surface area (Å²) in [4.78, 5) is 0.